The summed E-state index contributed by atoms with van der Waals surface area (Å²) in [6.07, 6.45) is 2.17. The van der Waals surface area contributed by atoms with E-state index in [9.17, 15) is 9.18 Å². The van der Waals surface area contributed by atoms with Crippen molar-refractivity contribution < 1.29 is 14.0 Å². The van der Waals surface area contributed by atoms with Crippen molar-refractivity contribution in [3.8, 4) is 11.3 Å². The van der Waals surface area contributed by atoms with Gasteiger partial charge in [-0.25, -0.2) is 14.4 Å². The smallest absolute Gasteiger partial charge is 0.267 e. The highest BCUT2D eigenvalue weighted by Gasteiger charge is 2.16. The minimum atomic E-state index is -0.286. The third-order valence-electron chi connectivity index (χ3n) is 5.44. The molecule has 7 nitrogen and oxygen atoms in total. The van der Waals surface area contributed by atoms with Gasteiger partial charge in [-0.1, -0.05) is 57.2 Å². The van der Waals surface area contributed by atoms with Gasteiger partial charge in [-0.05, 0) is 34.2 Å². The standard InChI is InChI=1S/C25H25FN4O.CH3NO/c1-25(2,3)18-9-5-15(6-10-18)11-16-7-8-17(12-20(16)26)22-19-13-21(24(31)27-4)30-23(19)29-14-28-22;2-1-3/h5-10,12-14H,11H2,1-4H3,(H,27,31)(H,28,29,30);1H,(H2,2,3). The molecule has 0 saturated carbocycles. The number of benzene rings is 2. The minimum Gasteiger partial charge on any atom is -0.372 e. The normalized spacial score (nSPS) is 11.0. The maximum atomic E-state index is 15.0. The van der Waals surface area contributed by atoms with Gasteiger partial charge in [-0.2, -0.15) is 0 Å². The number of hydrogen-bond donors (Lipinski definition) is 3. The largest absolute Gasteiger partial charge is 0.372 e. The van der Waals surface area contributed by atoms with Crippen LogP contribution in [0.1, 0.15) is 48.0 Å². The van der Waals surface area contributed by atoms with Crippen molar-refractivity contribution in [1.82, 2.24) is 20.3 Å². The lowest BCUT2D eigenvalue weighted by Gasteiger charge is -2.19. The molecule has 0 atom stereocenters. The Morgan fingerprint density at radius 2 is 1.79 bits per heavy atom. The molecule has 8 heteroatoms. The molecule has 4 aromatic rings. The highest BCUT2D eigenvalue weighted by atomic mass is 19.1. The number of H-pyrrole nitrogens is 1. The molecular formula is C26H28FN5O2. The first kappa shape index (κ1) is 24.6. The van der Waals surface area contributed by atoms with E-state index in [4.69, 9.17) is 4.79 Å². The van der Waals surface area contributed by atoms with Gasteiger partial charge in [0.1, 0.15) is 23.5 Å². The maximum Gasteiger partial charge on any atom is 0.267 e. The monoisotopic (exact) mass is 461 g/mol. The molecule has 4 N–H and O–H groups in total. The summed E-state index contributed by atoms with van der Waals surface area (Å²) in [6.45, 7) is 6.52. The lowest BCUT2D eigenvalue weighted by Crippen LogP contribution is -2.17. The fourth-order valence-corrected chi connectivity index (χ4v) is 3.61. The second-order valence-electron chi connectivity index (χ2n) is 8.81. The van der Waals surface area contributed by atoms with Gasteiger partial charge in [-0.3, -0.25) is 9.59 Å². The van der Waals surface area contributed by atoms with Crippen LogP contribution in [-0.4, -0.2) is 34.3 Å². The average molecular weight is 462 g/mol. The van der Waals surface area contributed by atoms with Crippen LogP contribution in [0, 0.1) is 5.82 Å². The summed E-state index contributed by atoms with van der Waals surface area (Å²) in [4.78, 5) is 32.0. The summed E-state index contributed by atoms with van der Waals surface area (Å²) >= 11 is 0. The van der Waals surface area contributed by atoms with Crippen molar-refractivity contribution >= 4 is 23.4 Å². The molecule has 2 aromatic carbocycles. The maximum absolute atomic E-state index is 15.0. The number of hydrogen-bond acceptors (Lipinski definition) is 4. The second kappa shape index (κ2) is 10.2. The zero-order valence-corrected chi connectivity index (χ0v) is 19.6. The van der Waals surface area contributed by atoms with Gasteiger partial charge >= 0.3 is 0 Å². The number of amides is 2. The summed E-state index contributed by atoms with van der Waals surface area (Å²) in [5.74, 6) is -0.533. The first-order chi connectivity index (χ1) is 16.2. The fourth-order valence-electron chi connectivity index (χ4n) is 3.61. The molecule has 2 heterocycles. The van der Waals surface area contributed by atoms with E-state index < -0.39 is 0 Å². The molecule has 0 unspecified atom stereocenters. The molecular weight excluding hydrogens is 433 g/mol. The Labute approximate surface area is 197 Å². The summed E-state index contributed by atoms with van der Waals surface area (Å²) in [5, 5.41) is 3.25. The van der Waals surface area contributed by atoms with Gasteiger partial charge in [0.25, 0.3) is 5.91 Å². The molecule has 2 aromatic heterocycles. The van der Waals surface area contributed by atoms with Crippen LogP contribution in [0.4, 0.5) is 4.39 Å². The van der Waals surface area contributed by atoms with Crippen LogP contribution < -0.4 is 11.1 Å². The van der Waals surface area contributed by atoms with Crippen molar-refractivity contribution in [2.45, 2.75) is 32.6 Å². The topological polar surface area (TPSA) is 114 Å². The highest BCUT2D eigenvalue weighted by molar-refractivity contribution is 6.00. The van der Waals surface area contributed by atoms with Crippen LogP contribution in [0.2, 0.25) is 0 Å². The molecule has 0 radical (unpaired) electrons. The number of aromatic nitrogens is 3. The van der Waals surface area contributed by atoms with Crippen molar-refractivity contribution in [2.75, 3.05) is 7.05 Å². The number of nitrogens with two attached hydrogens (primary N) is 1. The number of nitrogens with one attached hydrogen (secondary N) is 2. The minimum absolute atomic E-state index is 0.0875. The quantitative estimate of drug-likeness (QED) is 0.397. The molecule has 0 saturated heterocycles. The van der Waals surface area contributed by atoms with Crippen molar-refractivity contribution in [1.29, 1.82) is 0 Å². The lowest BCUT2D eigenvalue weighted by molar-refractivity contribution is -0.106. The van der Waals surface area contributed by atoms with E-state index in [-0.39, 0.29) is 23.5 Å². The van der Waals surface area contributed by atoms with E-state index in [1.807, 2.05) is 6.07 Å². The van der Waals surface area contributed by atoms with Gasteiger partial charge in [0.15, 0.2) is 0 Å². The highest BCUT2D eigenvalue weighted by Crippen LogP contribution is 2.28. The zero-order chi connectivity index (χ0) is 24.9. The number of nitrogens with zero attached hydrogens (tertiary/aromatic N) is 2. The Hall–Kier alpha value is -4.07. The van der Waals surface area contributed by atoms with Crippen molar-refractivity contribution in [2.24, 2.45) is 5.73 Å². The lowest BCUT2D eigenvalue weighted by atomic mass is 9.86. The number of primary amides is 1. The van der Waals surface area contributed by atoms with E-state index in [2.05, 4.69) is 71.0 Å². The van der Waals surface area contributed by atoms with Gasteiger partial charge < -0.3 is 16.0 Å². The number of carbonyl (C=O) groups is 2. The van der Waals surface area contributed by atoms with Crippen LogP contribution in [0.25, 0.3) is 22.3 Å². The van der Waals surface area contributed by atoms with Gasteiger partial charge in [0.2, 0.25) is 6.41 Å². The van der Waals surface area contributed by atoms with E-state index in [0.29, 0.717) is 40.0 Å². The van der Waals surface area contributed by atoms with Crippen LogP contribution in [0.15, 0.2) is 54.9 Å². The first-order valence-corrected chi connectivity index (χ1v) is 10.8. The third-order valence-corrected chi connectivity index (χ3v) is 5.44. The molecule has 0 bridgehead atoms. The molecule has 0 aliphatic carbocycles. The second-order valence-corrected chi connectivity index (χ2v) is 8.81. The summed E-state index contributed by atoms with van der Waals surface area (Å²) in [6, 6.07) is 15.2. The van der Waals surface area contributed by atoms with Gasteiger partial charge in [0.05, 0.1) is 5.69 Å². The number of halogens is 1. The van der Waals surface area contributed by atoms with E-state index in [0.717, 1.165) is 5.56 Å². The molecule has 0 fully saturated rings. The molecule has 2 amide bonds. The molecule has 0 aliphatic rings. The summed E-state index contributed by atoms with van der Waals surface area (Å²) in [7, 11) is 1.56. The van der Waals surface area contributed by atoms with Crippen molar-refractivity contribution in [3.05, 3.63) is 83.1 Å². The Morgan fingerprint density at radius 3 is 2.38 bits per heavy atom. The van der Waals surface area contributed by atoms with Gasteiger partial charge in [0, 0.05) is 24.4 Å². The van der Waals surface area contributed by atoms with Gasteiger partial charge in [-0.15, -0.1) is 0 Å². The molecule has 0 spiro atoms. The van der Waals surface area contributed by atoms with Crippen LogP contribution >= 0.6 is 0 Å². The van der Waals surface area contributed by atoms with Crippen LogP contribution in [0.3, 0.4) is 0 Å². The van der Waals surface area contributed by atoms with E-state index >= 15 is 0 Å². The third kappa shape index (κ3) is 5.46. The molecule has 176 valence electrons. The molecule has 34 heavy (non-hydrogen) atoms. The summed E-state index contributed by atoms with van der Waals surface area (Å²) in [5.41, 5.74) is 9.33. The first-order valence-electron chi connectivity index (χ1n) is 10.8. The SMILES string of the molecule is CNC(=O)c1cc2c(-c3ccc(Cc4ccc(C(C)(C)C)cc4)c(F)c3)ncnc2[nH]1.NC=O. The van der Waals surface area contributed by atoms with E-state index in [1.54, 1.807) is 19.2 Å². The zero-order valence-electron chi connectivity index (χ0n) is 19.6. The van der Waals surface area contributed by atoms with Crippen molar-refractivity contribution in [3.63, 3.8) is 0 Å². The Bertz CT molecular complexity index is 1310. The molecule has 0 aliphatic heterocycles. The number of carbonyl (C=O) groups excluding carboxylic acids is 2. The Kier molecular flexibility index (Phi) is 7.40. The predicted octanol–water partition coefficient (Wildman–Crippen LogP) is 4.11. The molecule has 4 rings (SSSR count). The van der Waals surface area contributed by atoms with E-state index in [1.165, 1.54) is 18.0 Å². The Morgan fingerprint density at radius 1 is 1.12 bits per heavy atom. The Balaban J connectivity index is 0.00000103. The van der Waals surface area contributed by atoms with Crippen LogP contribution in [0.5, 0.6) is 0 Å². The van der Waals surface area contributed by atoms with Crippen LogP contribution in [-0.2, 0) is 16.6 Å². The summed E-state index contributed by atoms with van der Waals surface area (Å²) < 4.78 is 15.0. The fraction of sp³-hybridized carbons (Fsp3) is 0.231. The number of rotatable bonds is 4. The number of fused-ring (bicyclic) bond motifs is 1. The average Bonchev–Trinajstić information content (AvgIpc) is 3.25. The predicted molar refractivity (Wildman–Crippen MR) is 131 cm³/mol. The number of aromatic amines is 1.